The molecule has 9 heteroatoms. The number of nitrogens with zero attached hydrogens (tertiary/aromatic N) is 6. The smallest absolute Gasteiger partial charge is 0.283 e. The zero-order valence-electron chi connectivity index (χ0n) is 24.0. The van der Waals surface area contributed by atoms with Gasteiger partial charge in [-0.15, -0.1) is 0 Å². The summed E-state index contributed by atoms with van der Waals surface area (Å²) in [4.78, 5) is 32.4. The van der Waals surface area contributed by atoms with E-state index in [0.29, 0.717) is 39.9 Å². The fraction of sp³-hybridized carbons (Fsp3) is 0.250. The number of piperazine rings is 1. The maximum Gasteiger partial charge on any atom is 0.283 e. The van der Waals surface area contributed by atoms with Crippen LogP contribution in [-0.4, -0.2) is 74.8 Å². The molecule has 0 spiro atoms. The first-order chi connectivity index (χ1) is 19.9. The maximum absolute atomic E-state index is 13.8. The lowest BCUT2D eigenvalue weighted by Gasteiger charge is -2.35. The molecular formula is C32H35N7O2. The van der Waals surface area contributed by atoms with Gasteiger partial charge in [0, 0.05) is 56.2 Å². The van der Waals surface area contributed by atoms with Crippen molar-refractivity contribution in [2.75, 3.05) is 57.6 Å². The highest BCUT2D eigenvalue weighted by atomic mass is 16.5. The minimum absolute atomic E-state index is 0.294. The van der Waals surface area contributed by atoms with Gasteiger partial charge in [-0.25, -0.2) is 9.98 Å². The van der Waals surface area contributed by atoms with E-state index in [1.165, 1.54) is 4.57 Å². The second kappa shape index (κ2) is 12.2. The molecule has 3 aromatic carbocycles. The van der Waals surface area contributed by atoms with Crippen LogP contribution >= 0.6 is 0 Å². The van der Waals surface area contributed by atoms with Gasteiger partial charge in [0.1, 0.15) is 22.8 Å². The number of ether oxygens (including phenoxy) is 1. The first kappa shape index (κ1) is 27.8. The Hall–Kier alpha value is -4.76. The number of likely N-dealkylation sites (N-methyl/N-ethyl adjacent to an activating group) is 1. The van der Waals surface area contributed by atoms with E-state index in [9.17, 15) is 4.79 Å². The van der Waals surface area contributed by atoms with Gasteiger partial charge in [0.2, 0.25) is 0 Å². The van der Waals surface area contributed by atoms with Crippen LogP contribution in [0, 0.1) is 6.92 Å². The van der Waals surface area contributed by atoms with E-state index in [-0.39, 0.29) is 5.56 Å². The molecule has 1 saturated heterocycles. The van der Waals surface area contributed by atoms with Crippen LogP contribution in [0.25, 0.3) is 16.9 Å². The zero-order valence-corrected chi connectivity index (χ0v) is 24.0. The van der Waals surface area contributed by atoms with Crippen LogP contribution in [-0.2, 0) is 0 Å². The molecule has 0 bridgehead atoms. The summed E-state index contributed by atoms with van der Waals surface area (Å²) in [5, 5.41) is 3.13. The Morgan fingerprint density at radius 2 is 1.78 bits per heavy atom. The number of hydrogen-bond acceptors (Lipinski definition) is 8. The molecule has 1 aromatic heterocycles. The molecule has 1 N–H and O–H groups in total. The minimum Gasteiger partial charge on any atom is -0.494 e. The number of methoxy groups -OCH3 is 1. The van der Waals surface area contributed by atoms with Gasteiger partial charge in [-0.05, 0) is 50.5 Å². The van der Waals surface area contributed by atoms with Gasteiger partial charge < -0.3 is 19.9 Å². The van der Waals surface area contributed by atoms with E-state index in [1.807, 2.05) is 73.8 Å². The van der Waals surface area contributed by atoms with Crippen molar-refractivity contribution >= 4 is 35.8 Å². The Balaban J connectivity index is 1.63. The molecule has 0 radical (unpaired) electrons. The lowest BCUT2D eigenvalue weighted by molar-refractivity contribution is 0.312. The second-order valence-electron chi connectivity index (χ2n) is 9.99. The summed E-state index contributed by atoms with van der Waals surface area (Å²) in [5.74, 6) is 0.962. The van der Waals surface area contributed by atoms with Gasteiger partial charge in [0.15, 0.2) is 5.82 Å². The zero-order chi connectivity index (χ0) is 28.9. The Morgan fingerprint density at radius 1 is 1.02 bits per heavy atom. The summed E-state index contributed by atoms with van der Waals surface area (Å²) in [6, 6.07) is 21.0. The predicted octanol–water partition coefficient (Wildman–Crippen LogP) is 5.09. The Labute approximate surface area is 240 Å². The number of rotatable bonds is 8. The monoisotopic (exact) mass is 549 g/mol. The van der Waals surface area contributed by atoms with Crippen molar-refractivity contribution in [2.24, 2.45) is 9.98 Å². The molecule has 0 unspecified atom stereocenters. The van der Waals surface area contributed by atoms with Crippen molar-refractivity contribution in [2.45, 2.75) is 6.92 Å². The van der Waals surface area contributed by atoms with Crippen molar-refractivity contribution in [3.05, 3.63) is 88.3 Å². The van der Waals surface area contributed by atoms with Crippen LogP contribution in [0.3, 0.4) is 0 Å². The van der Waals surface area contributed by atoms with Crippen LogP contribution in [0.15, 0.2) is 81.5 Å². The van der Waals surface area contributed by atoms with Crippen LogP contribution in [0.2, 0.25) is 0 Å². The lowest BCUT2D eigenvalue weighted by Crippen LogP contribution is -2.44. The molecule has 0 aliphatic carbocycles. The molecule has 2 heterocycles. The summed E-state index contributed by atoms with van der Waals surface area (Å²) in [7, 11) is 5.63. The van der Waals surface area contributed by atoms with Crippen LogP contribution < -0.4 is 20.5 Å². The Bertz CT molecular complexity index is 1640. The van der Waals surface area contributed by atoms with Gasteiger partial charge in [0.05, 0.1) is 19.0 Å². The van der Waals surface area contributed by atoms with Gasteiger partial charge >= 0.3 is 0 Å². The summed E-state index contributed by atoms with van der Waals surface area (Å²) >= 11 is 0. The Morgan fingerprint density at radius 3 is 2.46 bits per heavy atom. The second-order valence-corrected chi connectivity index (χ2v) is 9.99. The highest BCUT2D eigenvalue weighted by Gasteiger charge is 2.20. The molecule has 1 aliphatic heterocycles. The van der Waals surface area contributed by atoms with Crippen LogP contribution in [0.4, 0.5) is 22.9 Å². The number of anilines is 2. The quantitative estimate of drug-likeness (QED) is 0.308. The fourth-order valence-corrected chi connectivity index (χ4v) is 5.04. The molecule has 5 rings (SSSR count). The largest absolute Gasteiger partial charge is 0.494 e. The topological polar surface area (TPSA) is 87.4 Å². The Kier molecular flexibility index (Phi) is 8.26. The minimum atomic E-state index is -0.297. The van der Waals surface area contributed by atoms with Crippen molar-refractivity contribution < 1.29 is 4.74 Å². The van der Waals surface area contributed by atoms with Gasteiger partial charge in [-0.3, -0.25) is 14.4 Å². The summed E-state index contributed by atoms with van der Waals surface area (Å²) < 4.78 is 7.29. The molecule has 0 atom stereocenters. The normalized spacial score (nSPS) is 13.9. The van der Waals surface area contributed by atoms with E-state index < -0.39 is 0 Å². The number of aryl methyl sites for hydroxylation is 1. The molecule has 0 saturated carbocycles. The molecule has 1 fully saturated rings. The van der Waals surface area contributed by atoms with Crippen LogP contribution in [0.1, 0.15) is 11.3 Å². The van der Waals surface area contributed by atoms with Crippen LogP contribution in [0.5, 0.6) is 5.75 Å². The number of benzene rings is 3. The number of hydrogen-bond donors (Lipinski definition) is 1. The molecule has 1 aliphatic rings. The first-order valence-electron chi connectivity index (χ1n) is 13.6. The molecule has 9 nitrogen and oxygen atoms in total. The molecule has 210 valence electrons. The van der Waals surface area contributed by atoms with Gasteiger partial charge in [-0.2, -0.15) is 0 Å². The molecule has 0 amide bonds. The average Bonchev–Trinajstić information content (AvgIpc) is 3.01. The third-order valence-corrected chi connectivity index (χ3v) is 7.34. The van der Waals surface area contributed by atoms with Crippen molar-refractivity contribution in [3.8, 4) is 22.7 Å². The fourth-order valence-electron chi connectivity index (χ4n) is 5.04. The van der Waals surface area contributed by atoms with E-state index in [1.54, 1.807) is 13.3 Å². The van der Waals surface area contributed by atoms with E-state index in [4.69, 9.17) is 14.7 Å². The van der Waals surface area contributed by atoms with Crippen molar-refractivity contribution in [3.63, 3.8) is 0 Å². The summed E-state index contributed by atoms with van der Waals surface area (Å²) in [6.07, 6.45) is 1.63. The lowest BCUT2D eigenvalue weighted by atomic mass is 10.1. The highest BCUT2D eigenvalue weighted by Crippen LogP contribution is 2.36. The van der Waals surface area contributed by atoms with Gasteiger partial charge in [0.25, 0.3) is 5.56 Å². The molecule has 4 aromatic rings. The third-order valence-electron chi connectivity index (χ3n) is 7.34. The van der Waals surface area contributed by atoms with E-state index in [2.05, 4.69) is 40.8 Å². The average molecular weight is 550 g/mol. The third kappa shape index (κ3) is 5.76. The summed E-state index contributed by atoms with van der Waals surface area (Å²) in [6.45, 7) is 9.81. The standard InChI is InChI=1S/C32H35N7O2/c1-22-18-26(29(41-5)20-28(22)38-16-14-37(4)15-17-38)35-21-27-31(34-3)39(25-13-9-12-24(19-25)33-2)32(40)30(36-27)23-10-7-6-8-11-23/h6-13,18-21,33H,3,14-17H2,1-2,4-5H3. The highest BCUT2D eigenvalue weighted by molar-refractivity contribution is 5.88. The number of aromatic nitrogens is 2. The SMILES string of the molecule is C=Nc1c(C=Nc2cc(C)c(N3CCN(C)CC3)cc2OC)nc(-c2ccccc2)c(=O)n1-c1cccc(NC)c1. The van der Waals surface area contributed by atoms with Crippen molar-refractivity contribution in [1.29, 1.82) is 0 Å². The van der Waals surface area contributed by atoms with E-state index in [0.717, 1.165) is 43.1 Å². The van der Waals surface area contributed by atoms with E-state index >= 15 is 0 Å². The first-order valence-corrected chi connectivity index (χ1v) is 13.6. The molecule has 41 heavy (non-hydrogen) atoms. The predicted molar refractivity (Wildman–Crippen MR) is 169 cm³/mol. The van der Waals surface area contributed by atoms with Gasteiger partial charge in [-0.1, -0.05) is 36.4 Å². The van der Waals surface area contributed by atoms with Crippen molar-refractivity contribution in [1.82, 2.24) is 14.5 Å². The molecular weight excluding hydrogens is 514 g/mol. The number of nitrogens with one attached hydrogen (secondary N) is 1. The summed E-state index contributed by atoms with van der Waals surface area (Å²) in [5.41, 5.74) is 5.53. The number of aliphatic imine (C=N–C) groups is 2. The maximum atomic E-state index is 13.8.